The third-order valence-corrected chi connectivity index (χ3v) is 4.51. The number of carbonyl (C=O) groups is 1. The molecule has 1 aliphatic heterocycles. The van der Waals surface area contributed by atoms with Gasteiger partial charge in [0.05, 0.1) is 0 Å². The van der Waals surface area contributed by atoms with Gasteiger partial charge in [0.2, 0.25) is 5.88 Å². The van der Waals surface area contributed by atoms with Crippen molar-refractivity contribution in [1.82, 2.24) is 34.7 Å². The molecule has 0 bridgehead atoms. The second kappa shape index (κ2) is 7.52. The lowest BCUT2D eigenvalue weighted by molar-refractivity contribution is -0.133. The van der Waals surface area contributed by atoms with Crippen molar-refractivity contribution in [1.29, 1.82) is 0 Å². The molecule has 3 aromatic rings. The Morgan fingerprint density at radius 1 is 1.19 bits per heavy atom. The van der Waals surface area contributed by atoms with Crippen molar-refractivity contribution < 1.29 is 9.53 Å². The summed E-state index contributed by atoms with van der Waals surface area (Å²) in [6.45, 7) is 4.75. The van der Waals surface area contributed by atoms with Crippen molar-refractivity contribution in [2.75, 3.05) is 37.7 Å². The predicted molar refractivity (Wildman–Crippen MR) is 96.5 cm³/mol. The van der Waals surface area contributed by atoms with Crippen LogP contribution in [0.4, 0.5) is 5.82 Å². The van der Waals surface area contributed by atoms with Crippen molar-refractivity contribution in [2.45, 2.75) is 13.3 Å². The Hall–Kier alpha value is -3.30. The molecule has 140 valence electrons. The number of hydrogen-bond acceptors (Lipinski definition) is 8. The highest BCUT2D eigenvalue weighted by Crippen LogP contribution is 2.14. The molecular formula is C17H20N8O2. The number of amides is 1. The topological polar surface area (TPSA) is 102 Å². The van der Waals surface area contributed by atoms with E-state index >= 15 is 0 Å². The average Bonchev–Trinajstić information content (AvgIpc) is 3.20. The summed E-state index contributed by atoms with van der Waals surface area (Å²) in [5, 5.41) is 11.8. The summed E-state index contributed by atoms with van der Waals surface area (Å²) < 4.78 is 7.03. The summed E-state index contributed by atoms with van der Waals surface area (Å²) in [5.41, 5.74) is 1.64. The smallest absolute Gasteiger partial charge is 0.260 e. The molecule has 10 heteroatoms. The summed E-state index contributed by atoms with van der Waals surface area (Å²) in [4.78, 5) is 25.0. The van der Waals surface area contributed by atoms with Gasteiger partial charge in [-0.1, -0.05) is 6.92 Å². The largest absolute Gasteiger partial charge is 0.467 e. The molecule has 1 amide bonds. The summed E-state index contributed by atoms with van der Waals surface area (Å²) in [6.07, 6.45) is 3.96. The van der Waals surface area contributed by atoms with E-state index in [1.54, 1.807) is 23.4 Å². The van der Waals surface area contributed by atoms with Crippen LogP contribution in [0.15, 0.2) is 30.9 Å². The number of aromatic nitrogens is 6. The molecule has 0 radical (unpaired) electrons. The van der Waals surface area contributed by atoms with Crippen LogP contribution in [-0.4, -0.2) is 73.4 Å². The highest BCUT2D eigenvalue weighted by Gasteiger charge is 2.22. The Morgan fingerprint density at radius 2 is 2.04 bits per heavy atom. The van der Waals surface area contributed by atoms with Crippen LogP contribution in [0.25, 0.3) is 5.65 Å². The first kappa shape index (κ1) is 17.1. The minimum absolute atomic E-state index is 0.0475. The molecular weight excluding hydrogens is 348 g/mol. The third kappa shape index (κ3) is 3.78. The first-order valence-electron chi connectivity index (χ1n) is 8.86. The van der Waals surface area contributed by atoms with E-state index in [-0.39, 0.29) is 12.5 Å². The Morgan fingerprint density at radius 3 is 2.85 bits per heavy atom. The summed E-state index contributed by atoms with van der Waals surface area (Å²) in [6, 6.07) is 5.42. The highest BCUT2D eigenvalue weighted by atomic mass is 16.5. The number of ether oxygens (including phenoxy) is 1. The van der Waals surface area contributed by atoms with E-state index in [1.807, 2.05) is 6.07 Å². The first-order valence-corrected chi connectivity index (χ1v) is 8.86. The van der Waals surface area contributed by atoms with Gasteiger partial charge >= 0.3 is 0 Å². The van der Waals surface area contributed by atoms with Crippen LogP contribution in [0, 0.1) is 0 Å². The van der Waals surface area contributed by atoms with Gasteiger partial charge < -0.3 is 14.5 Å². The lowest BCUT2D eigenvalue weighted by atomic mass is 10.2. The first-order chi connectivity index (χ1) is 13.2. The van der Waals surface area contributed by atoms with Gasteiger partial charge in [-0.05, 0) is 12.5 Å². The zero-order valence-corrected chi connectivity index (χ0v) is 15.0. The van der Waals surface area contributed by atoms with Crippen LogP contribution in [0.2, 0.25) is 0 Å². The van der Waals surface area contributed by atoms with Crippen LogP contribution in [0.3, 0.4) is 0 Å². The van der Waals surface area contributed by atoms with Gasteiger partial charge in [-0.3, -0.25) is 4.79 Å². The molecule has 27 heavy (non-hydrogen) atoms. The molecule has 1 saturated heterocycles. The molecule has 0 aromatic carbocycles. The zero-order valence-electron chi connectivity index (χ0n) is 15.0. The molecule has 0 unspecified atom stereocenters. The molecule has 0 spiro atoms. The average molecular weight is 368 g/mol. The number of fused-ring (bicyclic) bond motifs is 1. The Bertz CT molecular complexity index is 935. The monoisotopic (exact) mass is 368 g/mol. The molecule has 1 fully saturated rings. The fourth-order valence-electron chi connectivity index (χ4n) is 2.95. The molecule has 0 atom stereocenters. The molecule has 4 rings (SSSR count). The highest BCUT2D eigenvalue weighted by molar-refractivity contribution is 5.78. The minimum atomic E-state index is -0.0581. The number of anilines is 1. The number of hydrogen-bond donors (Lipinski definition) is 0. The molecule has 0 aliphatic carbocycles. The van der Waals surface area contributed by atoms with E-state index in [2.05, 4.69) is 37.1 Å². The Balaban J connectivity index is 1.30. The molecule has 0 saturated carbocycles. The third-order valence-electron chi connectivity index (χ3n) is 4.51. The maximum absolute atomic E-state index is 12.4. The maximum atomic E-state index is 12.4. The minimum Gasteiger partial charge on any atom is -0.467 e. The van der Waals surface area contributed by atoms with Gasteiger partial charge in [-0.25, -0.2) is 9.97 Å². The van der Waals surface area contributed by atoms with E-state index in [1.165, 1.54) is 10.8 Å². The van der Waals surface area contributed by atoms with E-state index in [4.69, 9.17) is 4.74 Å². The Kier molecular flexibility index (Phi) is 4.77. The van der Waals surface area contributed by atoms with E-state index in [9.17, 15) is 4.79 Å². The number of nitrogens with zero attached hydrogens (tertiary/aromatic N) is 8. The van der Waals surface area contributed by atoms with Crippen molar-refractivity contribution in [3.8, 4) is 5.88 Å². The normalized spacial score (nSPS) is 14.6. The molecule has 4 heterocycles. The van der Waals surface area contributed by atoms with Gasteiger partial charge in [0.1, 0.15) is 18.5 Å². The van der Waals surface area contributed by atoms with Gasteiger partial charge in [-0.2, -0.15) is 4.52 Å². The fraction of sp³-hybridized carbons (Fsp3) is 0.412. The van der Waals surface area contributed by atoms with E-state index in [0.29, 0.717) is 24.6 Å². The van der Waals surface area contributed by atoms with Crippen LogP contribution in [0.1, 0.15) is 12.6 Å². The lowest BCUT2D eigenvalue weighted by Crippen LogP contribution is -2.50. The second-order valence-corrected chi connectivity index (χ2v) is 6.18. The quantitative estimate of drug-likeness (QED) is 0.630. The van der Waals surface area contributed by atoms with Crippen molar-refractivity contribution in [3.63, 3.8) is 0 Å². The summed E-state index contributed by atoms with van der Waals surface area (Å²) in [7, 11) is 0. The predicted octanol–water partition coefficient (Wildman–Crippen LogP) is 0.204. The van der Waals surface area contributed by atoms with Crippen molar-refractivity contribution in [2.24, 2.45) is 0 Å². The molecule has 3 aromatic heterocycles. The van der Waals surface area contributed by atoms with E-state index in [0.717, 1.165) is 31.0 Å². The summed E-state index contributed by atoms with van der Waals surface area (Å²) >= 11 is 0. The fourth-order valence-corrected chi connectivity index (χ4v) is 2.95. The Labute approximate surface area is 155 Å². The summed E-state index contributed by atoms with van der Waals surface area (Å²) in [5.74, 6) is 1.22. The van der Waals surface area contributed by atoms with Gasteiger partial charge in [0, 0.05) is 44.0 Å². The van der Waals surface area contributed by atoms with Crippen LogP contribution in [0.5, 0.6) is 5.88 Å². The van der Waals surface area contributed by atoms with Gasteiger partial charge in [0.25, 0.3) is 5.91 Å². The number of carbonyl (C=O) groups excluding carboxylic acids is 1. The number of aryl methyl sites for hydroxylation is 1. The zero-order chi connectivity index (χ0) is 18.6. The standard InChI is InChI=1S/C17H20N8O2/c1-2-13-9-15(19-11-18-13)23-5-7-24(8-6-23)17(26)10-27-16-4-3-14-21-20-12-25(14)22-16/h3-4,9,11-12H,2,5-8,10H2,1H3. The number of piperazine rings is 1. The van der Waals surface area contributed by atoms with Gasteiger partial charge in [0.15, 0.2) is 12.3 Å². The lowest BCUT2D eigenvalue weighted by Gasteiger charge is -2.35. The van der Waals surface area contributed by atoms with Gasteiger partial charge in [-0.15, -0.1) is 15.3 Å². The second-order valence-electron chi connectivity index (χ2n) is 6.18. The maximum Gasteiger partial charge on any atom is 0.260 e. The molecule has 1 aliphatic rings. The molecule has 10 nitrogen and oxygen atoms in total. The van der Waals surface area contributed by atoms with Crippen LogP contribution in [-0.2, 0) is 11.2 Å². The van der Waals surface area contributed by atoms with Crippen LogP contribution >= 0.6 is 0 Å². The number of rotatable bonds is 5. The van der Waals surface area contributed by atoms with Crippen molar-refractivity contribution >= 4 is 17.4 Å². The SMILES string of the molecule is CCc1cc(N2CCN(C(=O)COc3ccc4nncn4n3)CC2)ncn1. The van der Waals surface area contributed by atoms with E-state index < -0.39 is 0 Å². The van der Waals surface area contributed by atoms with Crippen molar-refractivity contribution in [3.05, 3.63) is 36.5 Å². The van der Waals surface area contributed by atoms with Crippen LogP contribution < -0.4 is 9.64 Å². The molecule has 0 N–H and O–H groups in total.